The maximum absolute atomic E-state index is 2.41. The van der Waals surface area contributed by atoms with E-state index in [0.717, 1.165) is 0 Å². The van der Waals surface area contributed by atoms with Gasteiger partial charge in [0.15, 0.2) is 0 Å². The van der Waals surface area contributed by atoms with E-state index in [0.29, 0.717) is 0 Å². The fourth-order valence-corrected chi connectivity index (χ4v) is 7.50. The van der Waals surface area contributed by atoms with Crippen molar-refractivity contribution in [2.45, 2.75) is 0 Å². The summed E-state index contributed by atoms with van der Waals surface area (Å²) in [6, 6.07) is 74.9. The summed E-state index contributed by atoms with van der Waals surface area (Å²) < 4.78 is 0. The topological polar surface area (TPSA) is 0 Å². The SMILES string of the molecule is c1ccc(-c2ccc(-c3cccc(-c4ccc(-c5ccccc5)c(-c5c6ccccc6c(-c6ccccc6)c6ccccc56)c4)c3)cc2)cc1. The number of hydrogen-bond donors (Lipinski definition) is 0. The van der Waals surface area contributed by atoms with Gasteiger partial charge in [0, 0.05) is 0 Å². The summed E-state index contributed by atoms with van der Waals surface area (Å²) in [7, 11) is 0. The van der Waals surface area contributed by atoms with E-state index in [1.54, 1.807) is 0 Å². The third kappa shape index (κ3) is 5.38. The van der Waals surface area contributed by atoms with Gasteiger partial charge in [0.05, 0.1) is 0 Å². The second-order valence-electron chi connectivity index (χ2n) is 12.9. The molecule has 0 spiro atoms. The molecule has 0 aliphatic carbocycles. The van der Waals surface area contributed by atoms with Crippen LogP contribution < -0.4 is 0 Å². The Morgan fingerprint density at radius 3 is 1.10 bits per heavy atom. The summed E-state index contributed by atoms with van der Waals surface area (Å²) >= 11 is 0. The Kier molecular flexibility index (Phi) is 7.61. The van der Waals surface area contributed by atoms with Crippen molar-refractivity contribution in [1.29, 1.82) is 0 Å². The highest BCUT2D eigenvalue weighted by atomic mass is 14.2. The highest BCUT2D eigenvalue weighted by Crippen LogP contribution is 2.47. The molecule has 9 aromatic rings. The maximum Gasteiger partial charge on any atom is -0.00199 e. The van der Waals surface area contributed by atoms with Crippen molar-refractivity contribution in [3.63, 3.8) is 0 Å². The summed E-state index contributed by atoms with van der Waals surface area (Å²) in [5.41, 5.74) is 14.7. The minimum absolute atomic E-state index is 1.20. The van der Waals surface area contributed by atoms with Gasteiger partial charge < -0.3 is 0 Å². The van der Waals surface area contributed by atoms with Crippen molar-refractivity contribution in [1.82, 2.24) is 0 Å². The minimum atomic E-state index is 1.20. The molecular weight excluding hydrogens is 601 g/mol. The molecule has 0 aliphatic rings. The van der Waals surface area contributed by atoms with Gasteiger partial charge in [-0.15, -0.1) is 0 Å². The Bertz CT molecular complexity index is 2540. The number of benzene rings is 9. The fraction of sp³-hybridized carbons (Fsp3) is 0. The lowest BCUT2D eigenvalue weighted by molar-refractivity contribution is 1.56. The van der Waals surface area contributed by atoms with Crippen LogP contribution in [0, 0.1) is 0 Å². The standard InChI is InChI=1S/C50H34/c1-4-15-35(16-5-1)36-27-29-37(30-28-36)40-21-14-22-41(33-40)42-31-32-43(38-17-6-2-7-18-38)48(34-42)50-46-25-12-10-23-44(46)49(39-19-8-3-9-20-39)45-24-11-13-26-47(45)50/h1-34H. The van der Waals surface area contributed by atoms with Crippen LogP contribution in [0.3, 0.4) is 0 Å². The summed E-state index contributed by atoms with van der Waals surface area (Å²) in [5.74, 6) is 0. The molecule has 0 N–H and O–H groups in total. The Morgan fingerprint density at radius 2 is 0.540 bits per heavy atom. The molecule has 0 unspecified atom stereocenters. The predicted octanol–water partition coefficient (Wildman–Crippen LogP) is 14.0. The van der Waals surface area contributed by atoms with Gasteiger partial charge in [-0.3, -0.25) is 0 Å². The number of hydrogen-bond acceptors (Lipinski definition) is 0. The van der Waals surface area contributed by atoms with Gasteiger partial charge in [0.25, 0.3) is 0 Å². The predicted molar refractivity (Wildman–Crippen MR) is 214 cm³/mol. The molecule has 0 bridgehead atoms. The van der Waals surface area contributed by atoms with E-state index in [-0.39, 0.29) is 0 Å². The van der Waals surface area contributed by atoms with Crippen molar-refractivity contribution in [2.75, 3.05) is 0 Å². The molecule has 0 amide bonds. The molecule has 0 saturated heterocycles. The van der Waals surface area contributed by atoms with Crippen molar-refractivity contribution in [3.05, 3.63) is 206 Å². The molecule has 0 heteroatoms. The third-order valence-corrected chi connectivity index (χ3v) is 9.89. The minimum Gasteiger partial charge on any atom is -0.0622 e. The van der Waals surface area contributed by atoms with Crippen molar-refractivity contribution in [3.8, 4) is 66.8 Å². The molecule has 0 saturated carbocycles. The van der Waals surface area contributed by atoms with Gasteiger partial charge in [-0.25, -0.2) is 0 Å². The van der Waals surface area contributed by atoms with Crippen LogP contribution >= 0.6 is 0 Å². The highest BCUT2D eigenvalue weighted by Gasteiger charge is 2.19. The number of rotatable bonds is 6. The van der Waals surface area contributed by atoms with E-state index in [1.807, 2.05) is 0 Å². The van der Waals surface area contributed by atoms with E-state index in [2.05, 4.69) is 206 Å². The van der Waals surface area contributed by atoms with Crippen molar-refractivity contribution in [2.24, 2.45) is 0 Å². The van der Waals surface area contributed by atoms with Crippen LogP contribution in [-0.4, -0.2) is 0 Å². The van der Waals surface area contributed by atoms with Gasteiger partial charge in [-0.2, -0.15) is 0 Å². The van der Waals surface area contributed by atoms with E-state index < -0.39 is 0 Å². The molecule has 9 rings (SSSR count). The normalized spacial score (nSPS) is 11.2. The molecule has 0 fully saturated rings. The third-order valence-electron chi connectivity index (χ3n) is 9.89. The van der Waals surface area contributed by atoms with Crippen molar-refractivity contribution >= 4 is 21.5 Å². The van der Waals surface area contributed by atoms with Gasteiger partial charge in [-0.05, 0) is 100 Å². The van der Waals surface area contributed by atoms with Crippen LogP contribution in [0.15, 0.2) is 206 Å². The smallest absolute Gasteiger partial charge is 0.00199 e. The highest BCUT2D eigenvalue weighted by molar-refractivity contribution is 6.22. The van der Waals surface area contributed by atoms with E-state index in [1.165, 1.54) is 88.3 Å². The van der Waals surface area contributed by atoms with Crippen LogP contribution in [0.25, 0.3) is 88.3 Å². The fourth-order valence-electron chi connectivity index (χ4n) is 7.50. The maximum atomic E-state index is 2.41. The summed E-state index contributed by atoms with van der Waals surface area (Å²) in [5, 5.41) is 5.04. The molecule has 234 valence electrons. The first-order chi connectivity index (χ1) is 24.8. The monoisotopic (exact) mass is 634 g/mol. The molecular formula is C50H34. The van der Waals surface area contributed by atoms with Crippen LogP contribution in [0.5, 0.6) is 0 Å². The van der Waals surface area contributed by atoms with E-state index in [4.69, 9.17) is 0 Å². The summed E-state index contributed by atoms with van der Waals surface area (Å²) in [6.45, 7) is 0. The van der Waals surface area contributed by atoms with Crippen LogP contribution in [0.2, 0.25) is 0 Å². The Balaban J connectivity index is 1.25. The zero-order chi connectivity index (χ0) is 33.3. The second-order valence-corrected chi connectivity index (χ2v) is 12.9. The Morgan fingerprint density at radius 1 is 0.180 bits per heavy atom. The molecule has 0 atom stereocenters. The average molecular weight is 635 g/mol. The van der Waals surface area contributed by atoms with E-state index >= 15 is 0 Å². The zero-order valence-electron chi connectivity index (χ0n) is 27.6. The summed E-state index contributed by atoms with van der Waals surface area (Å²) in [4.78, 5) is 0. The largest absolute Gasteiger partial charge is 0.0622 e. The molecule has 0 aromatic heterocycles. The van der Waals surface area contributed by atoms with Crippen LogP contribution in [0.1, 0.15) is 0 Å². The second kappa shape index (κ2) is 12.8. The first-order valence-corrected chi connectivity index (χ1v) is 17.3. The first kappa shape index (κ1) is 29.6. The molecule has 0 radical (unpaired) electrons. The average Bonchev–Trinajstić information content (AvgIpc) is 3.21. The Hall–Kier alpha value is -6.50. The van der Waals surface area contributed by atoms with Gasteiger partial charge in [0.1, 0.15) is 0 Å². The lowest BCUT2D eigenvalue weighted by atomic mass is 9.83. The van der Waals surface area contributed by atoms with E-state index in [9.17, 15) is 0 Å². The number of fused-ring (bicyclic) bond motifs is 2. The van der Waals surface area contributed by atoms with Crippen LogP contribution in [-0.2, 0) is 0 Å². The Labute approximate surface area is 293 Å². The summed E-state index contributed by atoms with van der Waals surface area (Å²) in [6.07, 6.45) is 0. The molecule has 0 nitrogen and oxygen atoms in total. The van der Waals surface area contributed by atoms with Crippen LogP contribution in [0.4, 0.5) is 0 Å². The molecule has 0 heterocycles. The van der Waals surface area contributed by atoms with Gasteiger partial charge >= 0.3 is 0 Å². The lowest BCUT2D eigenvalue weighted by Gasteiger charge is -2.20. The molecule has 9 aromatic carbocycles. The molecule has 50 heavy (non-hydrogen) atoms. The zero-order valence-corrected chi connectivity index (χ0v) is 27.6. The first-order valence-electron chi connectivity index (χ1n) is 17.3. The van der Waals surface area contributed by atoms with Gasteiger partial charge in [-0.1, -0.05) is 194 Å². The van der Waals surface area contributed by atoms with Crippen molar-refractivity contribution < 1.29 is 0 Å². The molecule has 0 aliphatic heterocycles. The lowest BCUT2D eigenvalue weighted by Crippen LogP contribution is -1.93. The van der Waals surface area contributed by atoms with Gasteiger partial charge in [0.2, 0.25) is 0 Å². The quantitative estimate of drug-likeness (QED) is 0.160.